The zero-order chi connectivity index (χ0) is 20.2. The van der Waals surface area contributed by atoms with Crippen molar-refractivity contribution in [2.24, 2.45) is 7.05 Å². The average Bonchev–Trinajstić information content (AvgIpc) is 3.38. The molecule has 0 bridgehead atoms. The summed E-state index contributed by atoms with van der Waals surface area (Å²) in [5.74, 6) is -0.602. The predicted molar refractivity (Wildman–Crippen MR) is 111 cm³/mol. The summed E-state index contributed by atoms with van der Waals surface area (Å²) in [7, 11) is 1.82. The van der Waals surface area contributed by atoms with Crippen molar-refractivity contribution < 1.29 is 9.59 Å². The molecule has 0 unspecified atom stereocenters. The van der Waals surface area contributed by atoms with E-state index in [0.717, 1.165) is 10.6 Å². The highest BCUT2D eigenvalue weighted by Crippen LogP contribution is 2.24. The van der Waals surface area contributed by atoms with E-state index < -0.39 is 0 Å². The standard InChI is InChI=1S/C20H16N6O2S/c1-26-11-14(10-22-26)20-25-17(12-29-20)19(28)24-16-6-2-5-15(8-16)23-18(27)13-4-3-7-21-9-13/h2-12H,1H3,(H,23,27)(H,24,28). The van der Waals surface area contributed by atoms with Crippen LogP contribution in [-0.4, -0.2) is 31.6 Å². The summed E-state index contributed by atoms with van der Waals surface area (Å²) in [5.41, 5.74) is 2.74. The van der Waals surface area contributed by atoms with Gasteiger partial charge in [-0.15, -0.1) is 11.3 Å². The summed E-state index contributed by atoms with van der Waals surface area (Å²) in [4.78, 5) is 33.1. The van der Waals surface area contributed by atoms with Crippen LogP contribution >= 0.6 is 11.3 Å². The van der Waals surface area contributed by atoms with Crippen molar-refractivity contribution in [1.29, 1.82) is 0 Å². The van der Waals surface area contributed by atoms with E-state index >= 15 is 0 Å². The molecule has 0 aliphatic heterocycles. The number of nitrogens with one attached hydrogen (secondary N) is 2. The van der Waals surface area contributed by atoms with Crippen LogP contribution < -0.4 is 10.6 Å². The van der Waals surface area contributed by atoms with Crippen molar-refractivity contribution in [2.75, 3.05) is 10.6 Å². The lowest BCUT2D eigenvalue weighted by Crippen LogP contribution is -2.14. The first-order valence-electron chi connectivity index (χ1n) is 8.66. The molecule has 0 aliphatic rings. The number of hydrogen-bond donors (Lipinski definition) is 2. The molecular weight excluding hydrogens is 388 g/mol. The van der Waals surface area contributed by atoms with Gasteiger partial charge in [0.1, 0.15) is 10.7 Å². The van der Waals surface area contributed by atoms with Gasteiger partial charge in [-0.05, 0) is 30.3 Å². The topological polar surface area (TPSA) is 102 Å². The summed E-state index contributed by atoms with van der Waals surface area (Å²) in [6.07, 6.45) is 6.64. The first kappa shape index (κ1) is 18.5. The molecule has 4 rings (SSSR count). The number of benzene rings is 1. The molecule has 4 aromatic rings. The van der Waals surface area contributed by atoms with Gasteiger partial charge in [-0.3, -0.25) is 19.3 Å². The number of amides is 2. The van der Waals surface area contributed by atoms with E-state index in [0.29, 0.717) is 22.6 Å². The highest BCUT2D eigenvalue weighted by molar-refractivity contribution is 7.13. The van der Waals surface area contributed by atoms with E-state index in [1.165, 1.54) is 17.5 Å². The third-order valence-corrected chi connectivity index (χ3v) is 4.88. The monoisotopic (exact) mass is 404 g/mol. The Balaban J connectivity index is 1.44. The molecule has 0 aliphatic carbocycles. The number of rotatable bonds is 5. The number of anilines is 2. The lowest BCUT2D eigenvalue weighted by atomic mass is 10.2. The molecule has 0 spiro atoms. The fourth-order valence-electron chi connectivity index (χ4n) is 2.61. The minimum atomic E-state index is -0.327. The Labute approximate surface area is 170 Å². The molecule has 0 radical (unpaired) electrons. The van der Waals surface area contributed by atoms with Gasteiger partial charge in [0.2, 0.25) is 0 Å². The quantitative estimate of drug-likeness (QED) is 0.530. The van der Waals surface area contributed by atoms with Crippen molar-refractivity contribution in [2.45, 2.75) is 0 Å². The minimum Gasteiger partial charge on any atom is -0.322 e. The number of nitrogens with zero attached hydrogens (tertiary/aromatic N) is 4. The fraction of sp³-hybridized carbons (Fsp3) is 0.0500. The van der Waals surface area contributed by atoms with Crippen molar-refractivity contribution in [3.63, 3.8) is 0 Å². The van der Waals surface area contributed by atoms with Gasteiger partial charge in [-0.25, -0.2) is 4.98 Å². The van der Waals surface area contributed by atoms with Gasteiger partial charge in [0.25, 0.3) is 11.8 Å². The predicted octanol–water partition coefficient (Wildman–Crippen LogP) is 3.44. The van der Waals surface area contributed by atoms with Crippen molar-refractivity contribution in [1.82, 2.24) is 19.7 Å². The zero-order valence-electron chi connectivity index (χ0n) is 15.4. The lowest BCUT2D eigenvalue weighted by molar-refractivity contribution is 0.101. The summed E-state index contributed by atoms with van der Waals surface area (Å²) >= 11 is 1.38. The summed E-state index contributed by atoms with van der Waals surface area (Å²) in [6, 6.07) is 10.3. The van der Waals surface area contributed by atoms with E-state index in [-0.39, 0.29) is 11.8 Å². The van der Waals surface area contributed by atoms with E-state index in [4.69, 9.17) is 0 Å². The van der Waals surface area contributed by atoms with Crippen LogP contribution in [0, 0.1) is 0 Å². The number of aromatic nitrogens is 4. The molecule has 8 nitrogen and oxygen atoms in total. The normalized spacial score (nSPS) is 10.5. The minimum absolute atomic E-state index is 0.276. The molecule has 3 heterocycles. The average molecular weight is 404 g/mol. The Kier molecular flexibility index (Phi) is 5.12. The SMILES string of the molecule is Cn1cc(-c2nc(C(=O)Nc3cccc(NC(=O)c4cccnc4)c3)cs2)cn1. The number of hydrogen-bond acceptors (Lipinski definition) is 6. The molecule has 2 amide bonds. The number of pyridine rings is 1. The lowest BCUT2D eigenvalue weighted by Gasteiger charge is -2.08. The molecule has 0 saturated heterocycles. The highest BCUT2D eigenvalue weighted by atomic mass is 32.1. The Hall–Kier alpha value is -3.85. The summed E-state index contributed by atoms with van der Waals surface area (Å²) in [6.45, 7) is 0. The van der Waals surface area contributed by atoms with Gasteiger partial charge in [-0.1, -0.05) is 6.07 Å². The van der Waals surface area contributed by atoms with Crippen LogP contribution in [0.3, 0.4) is 0 Å². The van der Waals surface area contributed by atoms with Crippen LogP contribution in [-0.2, 0) is 7.05 Å². The van der Waals surface area contributed by atoms with E-state index in [9.17, 15) is 9.59 Å². The van der Waals surface area contributed by atoms with Gasteiger partial charge in [0, 0.05) is 48.0 Å². The van der Waals surface area contributed by atoms with Crippen LogP contribution in [0.2, 0.25) is 0 Å². The summed E-state index contributed by atoms with van der Waals surface area (Å²) < 4.78 is 1.68. The first-order valence-corrected chi connectivity index (χ1v) is 9.54. The maximum atomic E-state index is 12.5. The van der Waals surface area contributed by atoms with Gasteiger partial charge in [0.15, 0.2) is 0 Å². The number of aryl methyl sites for hydroxylation is 1. The van der Waals surface area contributed by atoms with E-state index in [2.05, 4.69) is 25.7 Å². The third-order valence-electron chi connectivity index (χ3n) is 3.99. The molecule has 0 fully saturated rings. The second-order valence-electron chi connectivity index (χ2n) is 6.17. The Morgan fingerprint density at radius 1 is 1.03 bits per heavy atom. The Morgan fingerprint density at radius 2 is 1.83 bits per heavy atom. The Morgan fingerprint density at radius 3 is 2.52 bits per heavy atom. The largest absolute Gasteiger partial charge is 0.322 e. The van der Waals surface area contributed by atoms with E-state index in [1.807, 2.05) is 13.2 Å². The van der Waals surface area contributed by atoms with E-state index in [1.54, 1.807) is 58.9 Å². The smallest absolute Gasteiger partial charge is 0.275 e. The molecule has 9 heteroatoms. The van der Waals surface area contributed by atoms with Gasteiger partial charge >= 0.3 is 0 Å². The van der Waals surface area contributed by atoms with Crippen LogP contribution in [0.25, 0.3) is 10.6 Å². The fourth-order valence-corrected chi connectivity index (χ4v) is 3.39. The molecule has 2 N–H and O–H groups in total. The maximum absolute atomic E-state index is 12.5. The van der Waals surface area contributed by atoms with Crippen LogP contribution in [0.5, 0.6) is 0 Å². The zero-order valence-corrected chi connectivity index (χ0v) is 16.2. The van der Waals surface area contributed by atoms with Gasteiger partial charge < -0.3 is 10.6 Å². The second kappa shape index (κ2) is 8.03. The van der Waals surface area contributed by atoms with Crippen molar-refractivity contribution in [3.05, 3.63) is 77.8 Å². The second-order valence-corrected chi connectivity index (χ2v) is 7.03. The number of thiazole rings is 1. The molecule has 0 atom stereocenters. The maximum Gasteiger partial charge on any atom is 0.275 e. The van der Waals surface area contributed by atoms with Gasteiger partial charge in [0.05, 0.1) is 11.8 Å². The van der Waals surface area contributed by atoms with Crippen LogP contribution in [0.1, 0.15) is 20.8 Å². The molecule has 144 valence electrons. The number of carbonyl (C=O) groups excluding carboxylic acids is 2. The highest BCUT2D eigenvalue weighted by Gasteiger charge is 2.14. The van der Waals surface area contributed by atoms with Gasteiger partial charge in [-0.2, -0.15) is 5.10 Å². The Bertz CT molecular complexity index is 1170. The first-order chi connectivity index (χ1) is 14.1. The van der Waals surface area contributed by atoms with Crippen LogP contribution in [0.4, 0.5) is 11.4 Å². The summed E-state index contributed by atoms with van der Waals surface area (Å²) in [5, 5.41) is 12.1. The molecular formula is C20H16N6O2S. The van der Waals surface area contributed by atoms with Crippen molar-refractivity contribution >= 4 is 34.5 Å². The number of carbonyl (C=O) groups is 2. The molecule has 3 aromatic heterocycles. The van der Waals surface area contributed by atoms with Crippen molar-refractivity contribution in [3.8, 4) is 10.6 Å². The van der Waals surface area contributed by atoms with Crippen LogP contribution in [0.15, 0.2) is 66.6 Å². The third kappa shape index (κ3) is 4.36. The molecule has 0 saturated carbocycles. The molecule has 1 aromatic carbocycles. The molecule has 29 heavy (non-hydrogen) atoms.